The van der Waals surface area contributed by atoms with Crippen molar-refractivity contribution in [2.24, 2.45) is 0 Å². The van der Waals surface area contributed by atoms with Gasteiger partial charge >= 0.3 is 5.97 Å². The topological polar surface area (TPSA) is 55.8 Å². The highest BCUT2D eigenvalue weighted by Crippen LogP contribution is 2.28. The fraction of sp³-hybridized carbons (Fsp3) is 0.250. The first-order valence-electron chi connectivity index (χ1n) is 4.73. The Morgan fingerprint density at radius 2 is 2.25 bits per heavy atom. The lowest BCUT2D eigenvalue weighted by Gasteiger charge is -2.03. The van der Waals surface area contributed by atoms with Gasteiger partial charge in [-0.3, -0.25) is 0 Å². The molecule has 0 aromatic heterocycles. The second-order valence-corrected chi connectivity index (χ2v) is 2.83. The summed E-state index contributed by atoms with van der Waals surface area (Å²) in [6.07, 6.45) is 0. The molecule has 16 heavy (non-hydrogen) atoms. The maximum absolute atomic E-state index is 11.0. The molecule has 0 aliphatic carbocycles. The lowest BCUT2D eigenvalue weighted by atomic mass is 10.2. The average molecular weight is 220 g/mol. The zero-order valence-corrected chi connectivity index (χ0v) is 9.11. The minimum absolute atomic E-state index is 0.0817. The van der Waals surface area contributed by atoms with E-state index in [1.165, 1.54) is 7.11 Å². The molecule has 84 valence electrons. The number of hydrogen-bond donors (Lipinski definition) is 1. The number of esters is 1. The van der Waals surface area contributed by atoms with Crippen LogP contribution in [0.15, 0.2) is 18.2 Å². The van der Waals surface area contributed by atoms with Crippen molar-refractivity contribution in [3.05, 3.63) is 23.8 Å². The number of carbonyl (C=O) groups excluding carboxylic acids is 1. The van der Waals surface area contributed by atoms with Gasteiger partial charge in [-0.2, -0.15) is 0 Å². The molecule has 0 saturated carbocycles. The molecule has 0 amide bonds. The summed E-state index contributed by atoms with van der Waals surface area (Å²) in [7, 11) is 1.44. The van der Waals surface area contributed by atoms with E-state index in [2.05, 4.69) is 16.6 Å². The number of ether oxygens (including phenoxy) is 2. The van der Waals surface area contributed by atoms with Gasteiger partial charge < -0.3 is 14.6 Å². The minimum atomic E-state index is -0.621. The quantitative estimate of drug-likeness (QED) is 0.603. The van der Waals surface area contributed by atoms with Crippen LogP contribution in [-0.4, -0.2) is 24.8 Å². The Hall–Kier alpha value is -2.15. The van der Waals surface area contributed by atoms with Crippen molar-refractivity contribution in [3.8, 4) is 23.3 Å². The van der Waals surface area contributed by atoms with Crippen LogP contribution in [0.4, 0.5) is 0 Å². The summed E-state index contributed by atoms with van der Waals surface area (Å²) < 4.78 is 9.54. The highest BCUT2D eigenvalue weighted by atomic mass is 16.5. The van der Waals surface area contributed by atoms with Gasteiger partial charge in [0, 0.05) is 5.92 Å². The predicted molar refractivity (Wildman–Crippen MR) is 58.2 cm³/mol. The van der Waals surface area contributed by atoms with Crippen molar-refractivity contribution in [3.63, 3.8) is 0 Å². The third-order valence-electron chi connectivity index (χ3n) is 1.79. The summed E-state index contributed by atoms with van der Waals surface area (Å²) in [6.45, 7) is 1.97. The van der Waals surface area contributed by atoms with Crippen molar-refractivity contribution in [1.29, 1.82) is 0 Å². The highest BCUT2D eigenvalue weighted by Gasteiger charge is 2.04. The largest absolute Gasteiger partial charge is 0.503 e. The van der Waals surface area contributed by atoms with Crippen LogP contribution >= 0.6 is 0 Å². The molecule has 1 aromatic rings. The molecule has 0 fully saturated rings. The molecule has 0 saturated heterocycles. The molecule has 1 rings (SSSR count). The van der Waals surface area contributed by atoms with Gasteiger partial charge in [-0.1, -0.05) is 12.0 Å². The van der Waals surface area contributed by atoms with Crippen molar-refractivity contribution in [2.75, 3.05) is 13.7 Å². The average Bonchev–Trinajstić information content (AvgIpc) is 2.28. The summed E-state index contributed by atoms with van der Waals surface area (Å²) in [6, 6.07) is 4.86. The summed E-state index contributed by atoms with van der Waals surface area (Å²) in [4.78, 5) is 11.0. The maximum Gasteiger partial charge on any atom is 0.384 e. The van der Waals surface area contributed by atoms with Gasteiger partial charge in [-0.25, -0.2) is 4.79 Å². The smallest absolute Gasteiger partial charge is 0.384 e. The molecular weight excluding hydrogens is 208 g/mol. The van der Waals surface area contributed by atoms with Gasteiger partial charge in [0.25, 0.3) is 0 Å². The standard InChI is InChI=1S/C12H12O4/c1-3-16-11(13)8-7-9-5-4-6-10(15-2)12(9)14/h4-6,14H,3H2,1-2H3. The van der Waals surface area contributed by atoms with Gasteiger partial charge in [-0.05, 0) is 19.1 Å². The van der Waals surface area contributed by atoms with Crippen LogP contribution in [-0.2, 0) is 9.53 Å². The third-order valence-corrected chi connectivity index (χ3v) is 1.79. The van der Waals surface area contributed by atoms with Gasteiger partial charge in [0.15, 0.2) is 11.5 Å². The molecule has 0 unspecified atom stereocenters. The van der Waals surface area contributed by atoms with Gasteiger partial charge in [0.2, 0.25) is 0 Å². The van der Waals surface area contributed by atoms with E-state index in [1.807, 2.05) is 0 Å². The molecule has 0 atom stereocenters. The Labute approximate surface area is 93.8 Å². The molecule has 1 N–H and O–H groups in total. The van der Waals surface area contributed by atoms with Crippen molar-refractivity contribution < 1.29 is 19.4 Å². The number of para-hydroxylation sites is 1. The van der Waals surface area contributed by atoms with E-state index in [4.69, 9.17) is 4.74 Å². The molecule has 4 heteroatoms. The molecule has 4 nitrogen and oxygen atoms in total. The number of aromatic hydroxyl groups is 1. The normalized spacial score (nSPS) is 8.88. The van der Waals surface area contributed by atoms with E-state index >= 15 is 0 Å². The number of phenols is 1. The molecule has 0 aliphatic heterocycles. The number of rotatable bonds is 2. The van der Waals surface area contributed by atoms with Crippen LogP contribution in [0.2, 0.25) is 0 Å². The molecule has 0 heterocycles. The minimum Gasteiger partial charge on any atom is -0.503 e. The van der Waals surface area contributed by atoms with Crippen LogP contribution in [0.5, 0.6) is 11.5 Å². The number of phenolic OH excluding ortho intramolecular Hbond substituents is 1. The maximum atomic E-state index is 11.0. The molecule has 0 bridgehead atoms. The SMILES string of the molecule is CCOC(=O)C#Cc1cccc(OC)c1O. The zero-order chi connectivity index (χ0) is 12.0. The van der Waals surface area contributed by atoms with E-state index < -0.39 is 5.97 Å². The number of methoxy groups -OCH3 is 1. The van der Waals surface area contributed by atoms with E-state index in [0.29, 0.717) is 11.3 Å². The monoisotopic (exact) mass is 220 g/mol. The Morgan fingerprint density at radius 1 is 1.50 bits per heavy atom. The summed E-state index contributed by atoms with van der Waals surface area (Å²) >= 11 is 0. The lowest BCUT2D eigenvalue weighted by molar-refractivity contribution is -0.136. The summed E-state index contributed by atoms with van der Waals surface area (Å²) in [5, 5.41) is 9.65. The first-order valence-corrected chi connectivity index (χ1v) is 4.73. The van der Waals surface area contributed by atoms with E-state index in [1.54, 1.807) is 25.1 Å². The summed E-state index contributed by atoms with van der Waals surface area (Å²) in [5.41, 5.74) is 0.326. The fourth-order valence-electron chi connectivity index (χ4n) is 1.07. The predicted octanol–water partition coefficient (Wildman–Crippen LogP) is 1.32. The Balaban J connectivity index is 2.93. The first-order chi connectivity index (χ1) is 7.69. The van der Waals surface area contributed by atoms with Crippen molar-refractivity contribution in [2.45, 2.75) is 6.92 Å². The van der Waals surface area contributed by atoms with Crippen LogP contribution < -0.4 is 4.74 Å². The molecule has 0 aliphatic rings. The molecule has 1 aromatic carbocycles. The van der Waals surface area contributed by atoms with E-state index in [0.717, 1.165) is 0 Å². The second kappa shape index (κ2) is 5.66. The number of benzene rings is 1. The number of hydrogen-bond acceptors (Lipinski definition) is 4. The van der Waals surface area contributed by atoms with Gasteiger partial charge in [0.1, 0.15) is 0 Å². The molecule has 0 spiro atoms. The first kappa shape index (κ1) is 11.9. The van der Waals surface area contributed by atoms with Crippen LogP contribution in [0.3, 0.4) is 0 Å². The van der Waals surface area contributed by atoms with Gasteiger partial charge in [0.05, 0.1) is 19.3 Å². The Morgan fingerprint density at radius 3 is 2.88 bits per heavy atom. The van der Waals surface area contributed by atoms with Crippen molar-refractivity contribution >= 4 is 5.97 Å². The highest BCUT2D eigenvalue weighted by molar-refractivity contribution is 5.89. The Kier molecular flexibility index (Phi) is 4.22. The lowest BCUT2D eigenvalue weighted by Crippen LogP contribution is -1.99. The zero-order valence-electron chi connectivity index (χ0n) is 9.11. The van der Waals surface area contributed by atoms with Crippen molar-refractivity contribution in [1.82, 2.24) is 0 Å². The van der Waals surface area contributed by atoms with Crippen LogP contribution in [0.1, 0.15) is 12.5 Å². The van der Waals surface area contributed by atoms with Gasteiger partial charge in [-0.15, -0.1) is 0 Å². The van der Waals surface area contributed by atoms with Crippen LogP contribution in [0.25, 0.3) is 0 Å². The second-order valence-electron chi connectivity index (χ2n) is 2.83. The van der Waals surface area contributed by atoms with E-state index in [-0.39, 0.29) is 12.4 Å². The number of carbonyl (C=O) groups is 1. The van der Waals surface area contributed by atoms with Crippen LogP contribution in [0, 0.1) is 11.8 Å². The fourth-order valence-corrected chi connectivity index (χ4v) is 1.07. The van der Waals surface area contributed by atoms with E-state index in [9.17, 15) is 9.90 Å². The summed E-state index contributed by atoms with van der Waals surface area (Å²) in [5.74, 6) is 4.40. The third kappa shape index (κ3) is 2.92. The molecular formula is C12H12O4. The Bertz CT molecular complexity index is 440. The molecule has 0 radical (unpaired) electrons.